The van der Waals surface area contributed by atoms with E-state index in [1.807, 2.05) is 24.3 Å². The van der Waals surface area contributed by atoms with E-state index in [1.54, 1.807) is 7.05 Å². The number of carbonyl (C=O) groups is 1. The molecule has 1 aromatic carbocycles. The van der Waals surface area contributed by atoms with Crippen LogP contribution in [0.2, 0.25) is 0 Å². The molecule has 0 fully saturated rings. The monoisotopic (exact) mass is 207 g/mol. The summed E-state index contributed by atoms with van der Waals surface area (Å²) in [5.74, 6) is -0.383. The van der Waals surface area contributed by atoms with Gasteiger partial charge in [0.1, 0.15) is 6.04 Å². The zero-order valence-electron chi connectivity index (χ0n) is 9.32. The minimum atomic E-state index is -0.852. The van der Waals surface area contributed by atoms with Crippen molar-refractivity contribution in [3.05, 3.63) is 35.4 Å². The molecular formula is C12H17NO2. The summed E-state index contributed by atoms with van der Waals surface area (Å²) in [5, 5.41) is 11.7. The Balaban J connectivity index is 2.92. The van der Waals surface area contributed by atoms with Crippen LogP contribution in [0.3, 0.4) is 0 Å². The molecule has 0 aliphatic heterocycles. The van der Waals surface area contributed by atoms with Crippen LogP contribution in [0.25, 0.3) is 0 Å². The molecule has 0 radical (unpaired) electrons. The second kappa shape index (κ2) is 4.94. The summed E-state index contributed by atoms with van der Waals surface area (Å²) < 4.78 is 0. The van der Waals surface area contributed by atoms with Gasteiger partial charge in [0.2, 0.25) is 0 Å². The minimum Gasteiger partial charge on any atom is -0.480 e. The highest BCUT2D eigenvalue weighted by atomic mass is 16.4. The maximum absolute atomic E-state index is 10.9. The molecule has 82 valence electrons. The van der Waals surface area contributed by atoms with E-state index in [0.717, 1.165) is 5.56 Å². The first-order valence-electron chi connectivity index (χ1n) is 5.06. The summed E-state index contributed by atoms with van der Waals surface area (Å²) in [6, 6.07) is 7.07. The lowest BCUT2D eigenvalue weighted by Gasteiger charge is -2.12. The Morgan fingerprint density at radius 2 is 1.67 bits per heavy atom. The molecule has 15 heavy (non-hydrogen) atoms. The SMILES string of the molecule is CNC(C(=O)O)c1ccc(C(C)C)cc1. The van der Waals surface area contributed by atoms with Crippen molar-refractivity contribution in [2.24, 2.45) is 0 Å². The molecule has 0 spiro atoms. The number of benzene rings is 1. The number of likely N-dealkylation sites (N-methyl/N-ethyl adjacent to an activating group) is 1. The van der Waals surface area contributed by atoms with Gasteiger partial charge in [-0.05, 0) is 24.1 Å². The van der Waals surface area contributed by atoms with Crippen molar-refractivity contribution in [1.29, 1.82) is 0 Å². The van der Waals surface area contributed by atoms with Gasteiger partial charge in [-0.3, -0.25) is 4.79 Å². The van der Waals surface area contributed by atoms with Crippen molar-refractivity contribution in [2.75, 3.05) is 7.05 Å². The van der Waals surface area contributed by atoms with Crippen LogP contribution < -0.4 is 5.32 Å². The molecule has 0 saturated carbocycles. The van der Waals surface area contributed by atoms with Crippen LogP contribution >= 0.6 is 0 Å². The lowest BCUT2D eigenvalue weighted by molar-refractivity contribution is -0.139. The quantitative estimate of drug-likeness (QED) is 0.795. The average molecular weight is 207 g/mol. The van der Waals surface area contributed by atoms with Gasteiger partial charge < -0.3 is 10.4 Å². The molecular weight excluding hydrogens is 190 g/mol. The van der Waals surface area contributed by atoms with Crippen LogP contribution in [0.4, 0.5) is 0 Å². The minimum absolute atomic E-state index is 0.469. The summed E-state index contributed by atoms with van der Waals surface area (Å²) in [5.41, 5.74) is 2.01. The Bertz CT molecular complexity index is 330. The van der Waals surface area contributed by atoms with Crippen LogP contribution in [0, 0.1) is 0 Å². The van der Waals surface area contributed by atoms with Gasteiger partial charge in [-0.25, -0.2) is 0 Å². The third-order valence-corrected chi connectivity index (χ3v) is 2.47. The molecule has 1 aromatic rings. The molecule has 1 unspecified atom stereocenters. The number of nitrogens with one attached hydrogen (secondary N) is 1. The Morgan fingerprint density at radius 3 is 2.00 bits per heavy atom. The van der Waals surface area contributed by atoms with E-state index in [2.05, 4.69) is 19.2 Å². The van der Waals surface area contributed by atoms with Crippen molar-refractivity contribution in [3.63, 3.8) is 0 Å². The van der Waals surface area contributed by atoms with E-state index >= 15 is 0 Å². The second-order valence-electron chi connectivity index (χ2n) is 3.88. The van der Waals surface area contributed by atoms with Crippen molar-refractivity contribution in [2.45, 2.75) is 25.8 Å². The number of hydrogen-bond donors (Lipinski definition) is 2. The first-order valence-corrected chi connectivity index (χ1v) is 5.06. The second-order valence-corrected chi connectivity index (χ2v) is 3.88. The number of hydrogen-bond acceptors (Lipinski definition) is 2. The predicted molar refractivity (Wildman–Crippen MR) is 60.0 cm³/mol. The Kier molecular flexibility index (Phi) is 3.86. The molecule has 3 nitrogen and oxygen atoms in total. The number of rotatable bonds is 4. The van der Waals surface area contributed by atoms with Crippen molar-refractivity contribution >= 4 is 5.97 Å². The van der Waals surface area contributed by atoms with E-state index in [4.69, 9.17) is 5.11 Å². The van der Waals surface area contributed by atoms with E-state index in [1.165, 1.54) is 5.56 Å². The molecule has 0 amide bonds. The summed E-state index contributed by atoms with van der Waals surface area (Å²) in [4.78, 5) is 10.9. The molecule has 0 saturated heterocycles. The van der Waals surface area contributed by atoms with Gasteiger partial charge in [0.15, 0.2) is 0 Å². The molecule has 3 heteroatoms. The Labute approximate surface area is 90.1 Å². The fraction of sp³-hybridized carbons (Fsp3) is 0.417. The van der Waals surface area contributed by atoms with Gasteiger partial charge in [-0.2, -0.15) is 0 Å². The highest BCUT2D eigenvalue weighted by Crippen LogP contribution is 2.18. The van der Waals surface area contributed by atoms with Gasteiger partial charge in [-0.15, -0.1) is 0 Å². The maximum Gasteiger partial charge on any atom is 0.325 e. The fourth-order valence-corrected chi connectivity index (χ4v) is 1.51. The summed E-state index contributed by atoms with van der Waals surface area (Å²) in [6.07, 6.45) is 0. The predicted octanol–water partition coefficient (Wildman–Crippen LogP) is 2.16. The van der Waals surface area contributed by atoms with E-state index in [0.29, 0.717) is 5.92 Å². The lowest BCUT2D eigenvalue weighted by Crippen LogP contribution is -2.24. The highest BCUT2D eigenvalue weighted by molar-refractivity contribution is 5.75. The molecule has 1 rings (SSSR count). The van der Waals surface area contributed by atoms with Gasteiger partial charge in [-0.1, -0.05) is 38.1 Å². The van der Waals surface area contributed by atoms with E-state index in [9.17, 15) is 4.79 Å². The van der Waals surface area contributed by atoms with Crippen molar-refractivity contribution < 1.29 is 9.90 Å². The Hall–Kier alpha value is -1.35. The molecule has 0 aliphatic rings. The topological polar surface area (TPSA) is 49.3 Å². The van der Waals surface area contributed by atoms with E-state index in [-0.39, 0.29) is 0 Å². The van der Waals surface area contributed by atoms with Crippen LogP contribution in [-0.2, 0) is 4.79 Å². The molecule has 1 atom stereocenters. The van der Waals surface area contributed by atoms with Crippen LogP contribution in [0.15, 0.2) is 24.3 Å². The summed E-state index contributed by atoms with van der Waals surface area (Å²) >= 11 is 0. The summed E-state index contributed by atoms with van der Waals surface area (Å²) in [7, 11) is 1.65. The molecule has 0 heterocycles. The van der Waals surface area contributed by atoms with Gasteiger partial charge in [0.05, 0.1) is 0 Å². The van der Waals surface area contributed by atoms with Crippen molar-refractivity contribution in [3.8, 4) is 0 Å². The standard InChI is InChI=1S/C12H17NO2/c1-8(2)9-4-6-10(7-5-9)11(13-3)12(14)15/h4-8,11,13H,1-3H3,(H,14,15). The number of carboxylic acid groups (broad SMARTS) is 1. The molecule has 2 N–H and O–H groups in total. The average Bonchev–Trinajstić information content (AvgIpc) is 2.19. The molecule has 0 aromatic heterocycles. The van der Waals surface area contributed by atoms with Crippen LogP contribution in [0.1, 0.15) is 36.9 Å². The third kappa shape index (κ3) is 2.80. The molecule has 0 bridgehead atoms. The van der Waals surface area contributed by atoms with Gasteiger partial charge >= 0.3 is 5.97 Å². The normalized spacial score (nSPS) is 12.8. The zero-order valence-corrected chi connectivity index (χ0v) is 9.32. The molecule has 0 aliphatic carbocycles. The first-order chi connectivity index (χ1) is 7.06. The van der Waals surface area contributed by atoms with E-state index < -0.39 is 12.0 Å². The smallest absolute Gasteiger partial charge is 0.325 e. The van der Waals surface area contributed by atoms with Gasteiger partial charge in [0, 0.05) is 0 Å². The zero-order chi connectivity index (χ0) is 11.4. The lowest BCUT2D eigenvalue weighted by atomic mass is 9.99. The first kappa shape index (κ1) is 11.7. The summed E-state index contributed by atoms with van der Waals surface area (Å²) in [6.45, 7) is 4.23. The largest absolute Gasteiger partial charge is 0.480 e. The fourth-order valence-electron chi connectivity index (χ4n) is 1.51. The van der Waals surface area contributed by atoms with Crippen molar-refractivity contribution in [1.82, 2.24) is 5.32 Å². The van der Waals surface area contributed by atoms with Gasteiger partial charge in [0.25, 0.3) is 0 Å². The number of aliphatic carboxylic acids is 1. The maximum atomic E-state index is 10.9. The highest BCUT2D eigenvalue weighted by Gasteiger charge is 2.16. The third-order valence-electron chi connectivity index (χ3n) is 2.47. The van der Waals surface area contributed by atoms with Crippen LogP contribution in [0.5, 0.6) is 0 Å². The number of carboxylic acids is 1. The Morgan fingerprint density at radius 1 is 1.20 bits per heavy atom. The van der Waals surface area contributed by atoms with Crippen LogP contribution in [-0.4, -0.2) is 18.1 Å².